The van der Waals surface area contributed by atoms with E-state index < -0.39 is 0 Å². The van der Waals surface area contributed by atoms with E-state index in [1.165, 1.54) is 0 Å². The number of hydrogen-bond donors (Lipinski definition) is 2. The predicted molar refractivity (Wildman–Crippen MR) is 84.3 cm³/mol. The van der Waals surface area contributed by atoms with Crippen molar-refractivity contribution < 1.29 is 0 Å². The Balaban J connectivity index is 2.45. The number of rotatable bonds is 3. The van der Waals surface area contributed by atoms with Gasteiger partial charge in [0.15, 0.2) is 0 Å². The molecule has 0 unspecified atom stereocenters. The number of benzene rings is 1. The smallest absolute Gasteiger partial charge is 0.140 e. The summed E-state index contributed by atoms with van der Waals surface area (Å²) in [5.41, 5.74) is 9.29. The molecule has 3 N–H and O–H groups in total. The highest BCUT2D eigenvalue weighted by atomic mass is 35.5. The minimum absolute atomic E-state index is 0.315. The Bertz CT molecular complexity index is 641. The molecule has 2 rings (SSSR count). The van der Waals surface area contributed by atoms with Gasteiger partial charge in [0.05, 0.1) is 5.56 Å². The summed E-state index contributed by atoms with van der Waals surface area (Å²) in [6.07, 6.45) is 0. The fourth-order valence-corrected chi connectivity index (χ4v) is 2.04. The summed E-state index contributed by atoms with van der Waals surface area (Å²) in [7, 11) is 0. The number of thiocarbonyl (C=S) groups is 1. The molecule has 0 saturated heterocycles. The second-order valence-electron chi connectivity index (χ2n) is 4.30. The van der Waals surface area contributed by atoms with Crippen molar-refractivity contribution in [3.8, 4) is 0 Å². The fraction of sp³-hybridized carbons (Fsp3) is 0.143. The zero-order chi connectivity index (χ0) is 14.0. The molecule has 0 aliphatic carbocycles. The summed E-state index contributed by atoms with van der Waals surface area (Å²) in [4.78, 5) is 4.75. The number of aryl methyl sites for hydroxylation is 2. The lowest BCUT2D eigenvalue weighted by atomic mass is 10.2. The van der Waals surface area contributed by atoms with E-state index in [1.54, 1.807) is 0 Å². The van der Waals surface area contributed by atoms with Gasteiger partial charge in [0.25, 0.3) is 0 Å². The van der Waals surface area contributed by atoms with Crippen molar-refractivity contribution in [1.29, 1.82) is 0 Å². The van der Waals surface area contributed by atoms with Crippen LogP contribution in [0.3, 0.4) is 0 Å². The third-order valence-corrected chi connectivity index (χ3v) is 3.21. The lowest BCUT2D eigenvalue weighted by Gasteiger charge is -2.13. The largest absolute Gasteiger partial charge is 0.389 e. The molecular weight excluding hydrogens is 278 g/mol. The Kier molecular flexibility index (Phi) is 4.02. The second-order valence-corrected chi connectivity index (χ2v) is 5.17. The average molecular weight is 292 g/mol. The van der Waals surface area contributed by atoms with Crippen molar-refractivity contribution in [3.05, 3.63) is 52.2 Å². The van der Waals surface area contributed by atoms with Gasteiger partial charge in [0, 0.05) is 16.4 Å². The maximum absolute atomic E-state index is 6.01. The van der Waals surface area contributed by atoms with E-state index in [2.05, 4.69) is 10.3 Å². The zero-order valence-electron chi connectivity index (χ0n) is 10.7. The van der Waals surface area contributed by atoms with Gasteiger partial charge in [-0.25, -0.2) is 4.98 Å². The molecule has 0 radical (unpaired) electrons. The Morgan fingerprint density at radius 3 is 2.68 bits per heavy atom. The van der Waals surface area contributed by atoms with Gasteiger partial charge in [-0.2, -0.15) is 0 Å². The summed E-state index contributed by atoms with van der Waals surface area (Å²) < 4.78 is 0. The highest BCUT2D eigenvalue weighted by molar-refractivity contribution is 7.80. The summed E-state index contributed by atoms with van der Waals surface area (Å²) in [5.74, 6) is 0.651. The molecule has 98 valence electrons. The number of anilines is 2. The first kappa shape index (κ1) is 13.8. The van der Waals surface area contributed by atoms with Crippen molar-refractivity contribution in [2.45, 2.75) is 13.8 Å². The Morgan fingerprint density at radius 2 is 2.00 bits per heavy atom. The highest BCUT2D eigenvalue weighted by Gasteiger charge is 2.09. The van der Waals surface area contributed by atoms with Crippen molar-refractivity contribution in [2.24, 2.45) is 5.73 Å². The number of pyridine rings is 1. The van der Waals surface area contributed by atoms with E-state index in [0.29, 0.717) is 15.8 Å². The van der Waals surface area contributed by atoms with Gasteiger partial charge in [-0.1, -0.05) is 29.9 Å². The minimum atomic E-state index is 0.315. The molecule has 0 fully saturated rings. The molecule has 2 aromatic rings. The van der Waals surface area contributed by atoms with Crippen LogP contribution in [0.25, 0.3) is 0 Å². The van der Waals surface area contributed by atoms with Crippen LogP contribution in [0.1, 0.15) is 16.8 Å². The zero-order valence-corrected chi connectivity index (χ0v) is 12.3. The van der Waals surface area contributed by atoms with Gasteiger partial charge < -0.3 is 11.1 Å². The molecular formula is C14H14ClN3S. The van der Waals surface area contributed by atoms with Crippen LogP contribution in [0.5, 0.6) is 0 Å². The molecule has 0 aliphatic heterocycles. The molecule has 1 heterocycles. The van der Waals surface area contributed by atoms with Gasteiger partial charge in [-0.15, -0.1) is 0 Å². The quantitative estimate of drug-likeness (QED) is 0.846. The van der Waals surface area contributed by atoms with E-state index in [1.807, 2.05) is 44.2 Å². The summed E-state index contributed by atoms with van der Waals surface area (Å²) in [5, 5.41) is 3.91. The highest BCUT2D eigenvalue weighted by Crippen LogP contribution is 2.25. The third-order valence-electron chi connectivity index (χ3n) is 2.75. The molecule has 0 aliphatic rings. The van der Waals surface area contributed by atoms with Gasteiger partial charge in [0.2, 0.25) is 0 Å². The molecule has 3 nitrogen and oxygen atoms in total. The Hall–Kier alpha value is -1.65. The first-order chi connectivity index (χ1) is 8.97. The van der Waals surface area contributed by atoms with Crippen LogP contribution in [-0.2, 0) is 0 Å². The van der Waals surface area contributed by atoms with E-state index in [0.717, 1.165) is 22.5 Å². The first-order valence-electron chi connectivity index (χ1n) is 5.78. The van der Waals surface area contributed by atoms with Gasteiger partial charge >= 0.3 is 0 Å². The Labute approximate surface area is 122 Å². The number of nitrogens with zero attached hydrogens (tertiary/aromatic N) is 1. The maximum Gasteiger partial charge on any atom is 0.140 e. The first-order valence-corrected chi connectivity index (χ1v) is 6.56. The van der Waals surface area contributed by atoms with Crippen LogP contribution in [0, 0.1) is 13.8 Å². The molecule has 0 bridgehead atoms. The molecule has 0 atom stereocenters. The monoisotopic (exact) mass is 291 g/mol. The van der Waals surface area contributed by atoms with Crippen LogP contribution >= 0.6 is 23.8 Å². The van der Waals surface area contributed by atoms with Crippen LogP contribution in [0.4, 0.5) is 11.5 Å². The normalized spacial score (nSPS) is 10.3. The number of nitrogens with one attached hydrogen (secondary N) is 1. The molecule has 0 saturated carbocycles. The van der Waals surface area contributed by atoms with Crippen molar-refractivity contribution in [1.82, 2.24) is 4.98 Å². The average Bonchev–Trinajstić information content (AvgIpc) is 2.33. The van der Waals surface area contributed by atoms with E-state index in [-0.39, 0.29) is 0 Å². The predicted octanol–water partition coefficient (Wildman–Crippen LogP) is 3.73. The molecule has 0 spiro atoms. The number of halogens is 1. The van der Waals surface area contributed by atoms with Gasteiger partial charge in [-0.05, 0) is 43.7 Å². The summed E-state index contributed by atoms with van der Waals surface area (Å²) in [6, 6.07) is 9.39. The second kappa shape index (κ2) is 5.55. The van der Waals surface area contributed by atoms with E-state index in [4.69, 9.17) is 29.6 Å². The SMILES string of the molecule is Cc1ccc(C(N)=S)c(Nc2cc(Cl)ccc2C)n1. The third kappa shape index (κ3) is 3.22. The number of nitrogens with two attached hydrogens (primary N) is 1. The molecule has 1 aromatic heterocycles. The summed E-state index contributed by atoms with van der Waals surface area (Å²) in [6.45, 7) is 3.91. The summed E-state index contributed by atoms with van der Waals surface area (Å²) >= 11 is 11.0. The minimum Gasteiger partial charge on any atom is -0.389 e. The lowest BCUT2D eigenvalue weighted by Crippen LogP contribution is -2.13. The molecule has 19 heavy (non-hydrogen) atoms. The van der Waals surface area contributed by atoms with Crippen molar-refractivity contribution in [3.63, 3.8) is 0 Å². The standard InChI is InChI=1S/C14H14ClN3S/c1-8-3-5-10(15)7-12(8)18-14-11(13(16)19)6-4-9(2)17-14/h3-7H,1-2H3,(H2,16,19)(H,17,18). The van der Waals surface area contributed by atoms with Crippen LogP contribution in [0.15, 0.2) is 30.3 Å². The molecule has 5 heteroatoms. The molecule has 0 amide bonds. The number of hydrogen-bond acceptors (Lipinski definition) is 3. The van der Waals surface area contributed by atoms with Crippen LogP contribution in [0.2, 0.25) is 5.02 Å². The lowest BCUT2D eigenvalue weighted by molar-refractivity contribution is 1.19. The van der Waals surface area contributed by atoms with Crippen LogP contribution < -0.4 is 11.1 Å². The van der Waals surface area contributed by atoms with Crippen molar-refractivity contribution in [2.75, 3.05) is 5.32 Å². The van der Waals surface area contributed by atoms with Gasteiger partial charge in [0.1, 0.15) is 10.8 Å². The maximum atomic E-state index is 6.01. The number of aromatic nitrogens is 1. The van der Waals surface area contributed by atoms with E-state index in [9.17, 15) is 0 Å². The topological polar surface area (TPSA) is 50.9 Å². The van der Waals surface area contributed by atoms with Crippen LogP contribution in [-0.4, -0.2) is 9.97 Å². The van der Waals surface area contributed by atoms with Crippen molar-refractivity contribution >= 4 is 40.3 Å². The fourth-order valence-electron chi connectivity index (χ4n) is 1.71. The Morgan fingerprint density at radius 1 is 1.26 bits per heavy atom. The molecule has 1 aromatic carbocycles. The van der Waals surface area contributed by atoms with E-state index >= 15 is 0 Å². The van der Waals surface area contributed by atoms with Gasteiger partial charge in [-0.3, -0.25) is 0 Å².